The predicted octanol–water partition coefficient (Wildman–Crippen LogP) is 4.36. The van der Waals surface area contributed by atoms with Crippen molar-refractivity contribution in [3.8, 4) is 6.01 Å². The highest BCUT2D eigenvalue weighted by Gasteiger charge is 2.15. The van der Waals surface area contributed by atoms with Crippen molar-refractivity contribution in [1.29, 1.82) is 0 Å². The number of hydrazone groups is 1. The molecule has 33 heavy (non-hydrogen) atoms. The molecule has 3 aromatic rings. The molecule has 1 saturated heterocycles. The van der Waals surface area contributed by atoms with E-state index in [1.807, 2.05) is 50.2 Å². The maximum Gasteiger partial charge on any atom is 0.320 e. The van der Waals surface area contributed by atoms with Gasteiger partial charge in [-0.3, -0.25) is 10.4 Å². The Morgan fingerprint density at radius 1 is 1.12 bits per heavy atom. The minimum atomic E-state index is 0. The summed E-state index contributed by atoms with van der Waals surface area (Å²) < 4.78 is 11.3. The molecule has 0 amide bonds. The summed E-state index contributed by atoms with van der Waals surface area (Å²) in [4.78, 5) is 15.5. The molecule has 0 atom stereocenters. The van der Waals surface area contributed by atoms with Crippen LogP contribution in [0.15, 0.2) is 59.8 Å². The average molecular weight is 451 g/mol. The van der Waals surface area contributed by atoms with Gasteiger partial charge in [0, 0.05) is 38.9 Å². The SMILES string of the molecule is CC.Cc1cccc(/C=N/Nc2cc(N3CCOCC3)nc(OCCc3ccccn3)n2)c1.[HH]. The van der Waals surface area contributed by atoms with E-state index in [1.54, 1.807) is 12.4 Å². The summed E-state index contributed by atoms with van der Waals surface area (Å²) in [6.07, 6.45) is 4.23. The third-order valence-corrected chi connectivity index (χ3v) is 4.78. The van der Waals surface area contributed by atoms with E-state index in [9.17, 15) is 0 Å². The lowest BCUT2D eigenvalue weighted by Crippen LogP contribution is -2.36. The standard InChI is InChI=1S/C23H26N6O2.C2H6.H2/c1-18-5-4-6-19(15-18)17-25-28-21-16-22(29-10-13-30-14-11-29)27-23(26-21)31-12-8-20-7-2-3-9-24-20;1-2;/h2-7,9,15-17H,8,10-14H2,1H3,(H,26,27,28);1-2H3;1H/b25-17+;;. The predicted molar refractivity (Wildman–Crippen MR) is 134 cm³/mol. The van der Waals surface area contributed by atoms with Gasteiger partial charge in [-0.1, -0.05) is 49.7 Å². The highest BCUT2D eigenvalue weighted by molar-refractivity contribution is 5.80. The van der Waals surface area contributed by atoms with E-state index in [0.717, 1.165) is 30.2 Å². The summed E-state index contributed by atoms with van der Waals surface area (Å²) in [5, 5.41) is 4.33. The second kappa shape index (κ2) is 13.1. The fourth-order valence-corrected chi connectivity index (χ4v) is 3.21. The Morgan fingerprint density at radius 3 is 2.73 bits per heavy atom. The summed E-state index contributed by atoms with van der Waals surface area (Å²) in [7, 11) is 0. The Morgan fingerprint density at radius 2 is 1.97 bits per heavy atom. The first-order valence-electron chi connectivity index (χ1n) is 11.4. The van der Waals surface area contributed by atoms with Gasteiger partial charge in [-0.05, 0) is 24.6 Å². The van der Waals surface area contributed by atoms with Gasteiger partial charge >= 0.3 is 6.01 Å². The van der Waals surface area contributed by atoms with Gasteiger partial charge in [0.1, 0.15) is 5.82 Å². The smallest absolute Gasteiger partial charge is 0.320 e. The van der Waals surface area contributed by atoms with Gasteiger partial charge in [0.05, 0.1) is 26.0 Å². The molecule has 1 aromatic carbocycles. The van der Waals surface area contributed by atoms with Gasteiger partial charge in [0.25, 0.3) is 0 Å². The minimum absolute atomic E-state index is 0. The molecule has 176 valence electrons. The van der Waals surface area contributed by atoms with Crippen LogP contribution in [0.5, 0.6) is 6.01 Å². The molecular formula is C25H34N6O2. The number of aromatic nitrogens is 3. The van der Waals surface area contributed by atoms with E-state index in [0.29, 0.717) is 38.1 Å². The zero-order chi connectivity index (χ0) is 23.3. The van der Waals surface area contributed by atoms with E-state index in [-0.39, 0.29) is 1.43 Å². The molecule has 1 aliphatic rings. The number of nitrogens with zero attached hydrogens (tertiary/aromatic N) is 5. The van der Waals surface area contributed by atoms with E-state index in [1.165, 1.54) is 5.56 Å². The zero-order valence-electron chi connectivity index (χ0n) is 19.6. The third kappa shape index (κ3) is 7.84. The Kier molecular flexibility index (Phi) is 9.60. The van der Waals surface area contributed by atoms with Crippen LogP contribution in [0, 0.1) is 6.92 Å². The highest BCUT2D eigenvalue weighted by atomic mass is 16.5. The first-order chi connectivity index (χ1) is 16.3. The van der Waals surface area contributed by atoms with Crippen molar-refractivity contribution < 1.29 is 10.9 Å². The topological polar surface area (TPSA) is 84.8 Å². The summed E-state index contributed by atoms with van der Waals surface area (Å²) in [6, 6.07) is 16.2. The molecule has 0 unspecified atom stereocenters. The second-order valence-corrected chi connectivity index (χ2v) is 7.20. The van der Waals surface area contributed by atoms with Gasteiger partial charge < -0.3 is 14.4 Å². The maximum absolute atomic E-state index is 5.85. The molecule has 2 aromatic heterocycles. The number of hydrogen-bond acceptors (Lipinski definition) is 8. The molecule has 3 heterocycles. The normalized spacial score (nSPS) is 13.4. The first kappa shape index (κ1) is 24.1. The minimum Gasteiger partial charge on any atom is -0.463 e. The van der Waals surface area contributed by atoms with Crippen LogP contribution >= 0.6 is 0 Å². The van der Waals surface area contributed by atoms with Crippen LogP contribution in [0.4, 0.5) is 11.6 Å². The number of pyridine rings is 1. The van der Waals surface area contributed by atoms with Crippen LogP contribution in [0.3, 0.4) is 0 Å². The quantitative estimate of drug-likeness (QED) is 0.403. The Balaban J connectivity index is 0.00000133. The van der Waals surface area contributed by atoms with Crippen LogP contribution in [-0.4, -0.2) is 54.1 Å². The van der Waals surface area contributed by atoms with E-state index in [4.69, 9.17) is 9.47 Å². The Labute approximate surface area is 197 Å². The lowest BCUT2D eigenvalue weighted by molar-refractivity contribution is 0.122. The number of morpholine rings is 1. The summed E-state index contributed by atoms with van der Waals surface area (Å²) in [5.41, 5.74) is 6.17. The van der Waals surface area contributed by atoms with Crippen molar-refractivity contribution in [2.75, 3.05) is 43.2 Å². The zero-order valence-corrected chi connectivity index (χ0v) is 19.6. The fourth-order valence-electron chi connectivity index (χ4n) is 3.21. The van der Waals surface area contributed by atoms with Crippen LogP contribution in [0.2, 0.25) is 0 Å². The summed E-state index contributed by atoms with van der Waals surface area (Å²) in [6.45, 7) is 9.39. The molecule has 1 aliphatic heterocycles. The van der Waals surface area contributed by atoms with Gasteiger partial charge in [0.2, 0.25) is 0 Å². The van der Waals surface area contributed by atoms with Crippen LogP contribution in [0.1, 0.15) is 32.1 Å². The first-order valence-corrected chi connectivity index (χ1v) is 11.4. The second-order valence-electron chi connectivity index (χ2n) is 7.20. The molecule has 0 spiro atoms. The molecule has 8 nitrogen and oxygen atoms in total. The molecule has 0 aliphatic carbocycles. The summed E-state index contributed by atoms with van der Waals surface area (Å²) >= 11 is 0. The maximum atomic E-state index is 5.85. The van der Waals surface area contributed by atoms with Crippen LogP contribution in [0.25, 0.3) is 0 Å². The molecular weight excluding hydrogens is 416 g/mol. The number of nitrogens with one attached hydrogen (secondary N) is 1. The molecule has 0 saturated carbocycles. The van der Waals surface area contributed by atoms with Crippen molar-refractivity contribution in [2.24, 2.45) is 5.10 Å². The Bertz CT molecular complexity index is 1010. The van der Waals surface area contributed by atoms with Crippen LogP contribution in [-0.2, 0) is 11.2 Å². The lowest BCUT2D eigenvalue weighted by Gasteiger charge is -2.28. The van der Waals surface area contributed by atoms with Gasteiger partial charge in [-0.2, -0.15) is 15.1 Å². The van der Waals surface area contributed by atoms with Gasteiger partial charge in [-0.25, -0.2) is 0 Å². The molecule has 8 heteroatoms. The van der Waals surface area contributed by atoms with Crippen molar-refractivity contribution in [1.82, 2.24) is 15.0 Å². The monoisotopic (exact) mass is 450 g/mol. The van der Waals surface area contributed by atoms with E-state index >= 15 is 0 Å². The van der Waals surface area contributed by atoms with Crippen molar-refractivity contribution >= 4 is 17.9 Å². The van der Waals surface area contributed by atoms with E-state index < -0.39 is 0 Å². The number of rotatable bonds is 8. The third-order valence-electron chi connectivity index (χ3n) is 4.78. The number of ether oxygens (including phenoxy) is 2. The molecule has 1 fully saturated rings. The number of benzene rings is 1. The number of hydrogen-bond donors (Lipinski definition) is 1. The number of anilines is 2. The van der Waals surface area contributed by atoms with Crippen molar-refractivity contribution in [3.05, 3.63) is 71.5 Å². The lowest BCUT2D eigenvalue weighted by atomic mass is 10.2. The van der Waals surface area contributed by atoms with Gasteiger partial charge in [-0.15, -0.1) is 0 Å². The van der Waals surface area contributed by atoms with Crippen LogP contribution < -0.4 is 15.1 Å². The van der Waals surface area contributed by atoms with Crippen molar-refractivity contribution in [3.63, 3.8) is 0 Å². The molecule has 0 bridgehead atoms. The fraction of sp³-hybridized carbons (Fsp3) is 0.360. The van der Waals surface area contributed by atoms with E-state index in [2.05, 4.69) is 49.4 Å². The largest absolute Gasteiger partial charge is 0.463 e. The number of aryl methyl sites for hydroxylation is 1. The van der Waals surface area contributed by atoms with Crippen molar-refractivity contribution in [2.45, 2.75) is 27.2 Å². The average Bonchev–Trinajstić information content (AvgIpc) is 2.86. The molecule has 0 radical (unpaired) electrons. The molecule has 1 N–H and O–H groups in total. The summed E-state index contributed by atoms with van der Waals surface area (Å²) in [5.74, 6) is 1.37. The molecule has 4 rings (SSSR count). The Hall–Kier alpha value is -3.52. The van der Waals surface area contributed by atoms with Gasteiger partial charge in [0.15, 0.2) is 5.82 Å². The highest BCUT2D eigenvalue weighted by Crippen LogP contribution is 2.21.